The van der Waals surface area contributed by atoms with Crippen LogP contribution in [0.4, 0.5) is 0 Å². The molecule has 1 atom stereocenters. The molecule has 2 heteroatoms. The van der Waals surface area contributed by atoms with Gasteiger partial charge in [-0.3, -0.25) is 9.59 Å². The summed E-state index contributed by atoms with van der Waals surface area (Å²) < 4.78 is 0. The number of carbonyl (C=O) groups is 2. The van der Waals surface area contributed by atoms with Crippen molar-refractivity contribution in [1.29, 1.82) is 0 Å². The molecular formula is C11H20O2. The molecule has 0 aromatic heterocycles. The molecule has 0 spiro atoms. The average Bonchev–Trinajstić information content (AvgIpc) is 2.11. The van der Waals surface area contributed by atoms with E-state index in [4.69, 9.17) is 0 Å². The Bertz CT molecular complexity index is 173. The molecule has 0 N–H and O–H groups in total. The number of hydrogen-bond acceptors (Lipinski definition) is 2. The van der Waals surface area contributed by atoms with E-state index in [1.165, 1.54) is 6.92 Å². The highest BCUT2D eigenvalue weighted by Gasteiger charge is 2.20. The van der Waals surface area contributed by atoms with E-state index in [1.54, 1.807) is 0 Å². The summed E-state index contributed by atoms with van der Waals surface area (Å²) in [5.74, 6) is -0.465. The molecule has 0 amide bonds. The minimum atomic E-state index is -0.283. The maximum atomic E-state index is 11.4. The first kappa shape index (κ1) is 12.3. The fourth-order valence-corrected chi connectivity index (χ4v) is 1.49. The zero-order valence-electron chi connectivity index (χ0n) is 8.93. The number of Topliss-reactive ketones (excluding diaryl/α,β-unsaturated/α-hetero) is 2. The van der Waals surface area contributed by atoms with Gasteiger partial charge in [0.25, 0.3) is 0 Å². The molecule has 1 unspecified atom stereocenters. The lowest BCUT2D eigenvalue weighted by atomic mass is 9.91. The first-order valence-corrected chi connectivity index (χ1v) is 5.18. The maximum Gasteiger partial charge on any atom is 0.201 e. The van der Waals surface area contributed by atoms with Crippen molar-refractivity contribution in [1.82, 2.24) is 0 Å². The highest BCUT2D eigenvalue weighted by Crippen LogP contribution is 2.16. The standard InChI is InChI=1S/C11H20O2/c1-4-6-8-10(7-5-2)11(13)9(3)12/h10H,4-8H2,1-3H3. The van der Waals surface area contributed by atoms with Crippen molar-refractivity contribution in [3.05, 3.63) is 0 Å². The summed E-state index contributed by atoms with van der Waals surface area (Å²) in [6.07, 6.45) is 4.85. The third-order valence-corrected chi connectivity index (χ3v) is 2.26. The normalized spacial score (nSPS) is 12.5. The molecule has 76 valence electrons. The third-order valence-electron chi connectivity index (χ3n) is 2.26. The summed E-state index contributed by atoms with van der Waals surface area (Å²) >= 11 is 0. The lowest BCUT2D eigenvalue weighted by Crippen LogP contribution is -2.21. The number of unbranched alkanes of at least 4 members (excludes halogenated alkanes) is 1. The summed E-state index contributed by atoms with van der Waals surface area (Å²) in [6.45, 7) is 5.52. The second-order valence-electron chi connectivity index (χ2n) is 3.55. The van der Waals surface area contributed by atoms with Crippen molar-refractivity contribution in [3.8, 4) is 0 Å². The van der Waals surface area contributed by atoms with Crippen LogP contribution in [0, 0.1) is 5.92 Å². The van der Waals surface area contributed by atoms with E-state index in [0.29, 0.717) is 0 Å². The molecule has 0 aliphatic rings. The van der Waals surface area contributed by atoms with Crippen molar-refractivity contribution in [2.75, 3.05) is 0 Å². The monoisotopic (exact) mass is 184 g/mol. The first-order chi connectivity index (χ1) is 6.13. The van der Waals surface area contributed by atoms with Gasteiger partial charge in [-0.15, -0.1) is 0 Å². The predicted molar refractivity (Wildman–Crippen MR) is 53.6 cm³/mol. The summed E-state index contributed by atoms with van der Waals surface area (Å²) in [6, 6.07) is 0. The van der Waals surface area contributed by atoms with Gasteiger partial charge < -0.3 is 0 Å². The Morgan fingerprint density at radius 2 is 1.69 bits per heavy atom. The van der Waals surface area contributed by atoms with Crippen LogP contribution < -0.4 is 0 Å². The molecule has 0 radical (unpaired) electrons. The Hall–Kier alpha value is -0.660. The molecule has 13 heavy (non-hydrogen) atoms. The van der Waals surface area contributed by atoms with E-state index < -0.39 is 0 Å². The highest BCUT2D eigenvalue weighted by atomic mass is 16.2. The van der Waals surface area contributed by atoms with Crippen molar-refractivity contribution in [2.45, 2.75) is 52.9 Å². The molecule has 0 aliphatic carbocycles. The third kappa shape index (κ3) is 4.81. The smallest absolute Gasteiger partial charge is 0.201 e. The van der Waals surface area contributed by atoms with Crippen molar-refractivity contribution in [2.24, 2.45) is 5.92 Å². The van der Waals surface area contributed by atoms with Crippen molar-refractivity contribution in [3.63, 3.8) is 0 Å². The molecule has 0 bridgehead atoms. The Morgan fingerprint density at radius 1 is 1.08 bits per heavy atom. The molecule has 0 fully saturated rings. The fraction of sp³-hybridized carbons (Fsp3) is 0.818. The molecule has 2 nitrogen and oxygen atoms in total. The van der Waals surface area contributed by atoms with Crippen molar-refractivity contribution < 1.29 is 9.59 Å². The van der Waals surface area contributed by atoms with Crippen LogP contribution in [0.25, 0.3) is 0 Å². The molecular weight excluding hydrogens is 164 g/mol. The predicted octanol–water partition coefficient (Wildman–Crippen LogP) is 2.75. The maximum absolute atomic E-state index is 11.4. The van der Waals surface area contributed by atoms with E-state index in [-0.39, 0.29) is 17.5 Å². The van der Waals surface area contributed by atoms with Gasteiger partial charge in [0, 0.05) is 12.8 Å². The Kier molecular flexibility index (Phi) is 6.47. The van der Waals surface area contributed by atoms with Crippen LogP contribution in [0.5, 0.6) is 0 Å². The van der Waals surface area contributed by atoms with Gasteiger partial charge in [-0.1, -0.05) is 33.1 Å². The van der Waals surface area contributed by atoms with Gasteiger partial charge in [0.15, 0.2) is 5.78 Å². The van der Waals surface area contributed by atoms with Crippen LogP contribution in [0.3, 0.4) is 0 Å². The minimum absolute atomic E-state index is 0.0116. The Balaban J connectivity index is 4.06. The molecule has 0 aliphatic heterocycles. The Labute approximate surface area is 80.7 Å². The van der Waals surface area contributed by atoms with Gasteiger partial charge in [-0.05, 0) is 12.8 Å². The number of rotatable bonds is 7. The van der Waals surface area contributed by atoms with Crippen LogP contribution in [0.1, 0.15) is 52.9 Å². The van der Waals surface area contributed by atoms with Gasteiger partial charge in [-0.25, -0.2) is 0 Å². The summed E-state index contributed by atoms with van der Waals surface area (Å²) in [5, 5.41) is 0. The van der Waals surface area contributed by atoms with Gasteiger partial charge in [0.2, 0.25) is 5.78 Å². The lowest BCUT2D eigenvalue weighted by Gasteiger charge is -2.11. The number of carbonyl (C=O) groups excluding carboxylic acids is 2. The van der Waals surface area contributed by atoms with E-state index in [1.807, 2.05) is 6.92 Å². The van der Waals surface area contributed by atoms with Crippen LogP contribution in [0.2, 0.25) is 0 Å². The second-order valence-corrected chi connectivity index (χ2v) is 3.55. The molecule has 0 rings (SSSR count). The Morgan fingerprint density at radius 3 is 2.08 bits per heavy atom. The van der Waals surface area contributed by atoms with Gasteiger partial charge >= 0.3 is 0 Å². The molecule has 0 saturated heterocycles. The zero-order chi connectivity index (χ0) is 10.3. The quantitative estimate of drug-likeness (QED) is 0.570. The van der Waals surface area contributed by atoms with Crippen LogP contribution in [0.15, 0.2) is 0 Å². The summed E-state index contributed by atoms with van der Waals surface area (Å²) in [4.78, 5) is 22.3. The topological polar surface area (TPSA) is 34.1 Å². The summed E-state index contributed by atoms with van der Waals surface area (Å²) in [5.41, 5.74) is 0. The summed E-state index contributed by atoms with van der Waals surface area (Å²) in [7, 11) is 0. The fourth-order valence-electron chi connectivity index (χ4n) is 1.49. The molecule has 0 aromatic rings. The van der Waals surface area contributed by atoms with E-state index >= 15 is 0 Å². The first-order valence-electron chi connectivity index (χ1n) is 5.18. The van der Waals surface area contributed by atoms with E-state index in [0.717, 1.165) is 32.1 Å². The van der Waals surface area contributed by atoms with Crippen molar-refractivity contribution >= 4 is 11.6 Å². The van der Waals surface area contributed by atoms with Crippen LogP contribution >= 0.6 is 0 Å². The minimum Gasteiger partial charge on any atom is -0.291 e. The second kappa shape index (κ2) is 6.81. The highest BCUT2D eigenvalue weighted by molar-refractivity contribution is 6.36. The SMILES string of the molecule is CCCCC(CCC)C(=O)C(C)=O. The van der Waals surface area contributed by atoms with E-state index in [2.05, 4.69) is 6.92 Å². The zero-order valence-corrected chi connectivity index (χ0v) is 8.93. The molecule has 0 aromatic carbocycles. The lowest BCUT2D eigenvalue weighted by molar-refractivity contribution is -0.138. The molecule has 0 heterocycles. The van der Waals surface area contributed by atoms with Gasteiger partial charge in [0.05, 0.1) is 0 Å². The number of hydrogen-bond donors (Lipinski definition) is 0. The van der Waals surface area contributed by atoms with Gasteiger partial charge in [0.1, 0.15) is 0 Å². The molecule has 0 saturated carbocycles. The van der Waals surface area contributed by atoms with Gasteiger partial charge in [-0.2, -0.15) is 0 Å². The van der Waals surface area contributed by atoms with Crippen LogP contribution in [-0.2, 0) is 9.59 Å². The van der Waals surface area contributed by atoms with E-state index in [9.17, 15) is 9.59 Å². The van der Waals surface area contributed by atoms with Crippen LogP contribution in [-0.4, -0.2) is 11.6 Å². The number of ketones is 2. The largest absolute Gasteiger partial charge is 0.291 e. The average molecular weight is 184 g/mol.